The zero-order valence-electron chi connectivity index (χ0n) is 11.8. The van der Waals surface area contributed by atoms with Gasteiger partial charge in [0.15, 0.2) is 0 Å². The number of nitrogens with zero attached hydrogens (tertiary/aromatic N) is 2. The summed E-state index contributed by atoms with van der Waals surface area (Å²) in [6, 6.07) is 0.618. The predicted octanol–water partition coefficient (Wildman–Crippen LogP) is 2.29. The molecule has 0 spiro atoms. The molecule has 1 atom stereocenters. The minimum atomic E-state index is 0.131. The van der Waals surface area contributed by atoms with E-state index >= 15 is 0 Å². The number of carbonyl (C=O) groups excluding carboxylic acids is 1. The van der Waals surface area contributed by atoms with Gasteiger partial charge in [0, 0.05) is 38.1 Å². The Morgan fingerprint density at radius 2 is 2.00 bits per heavy atom. The van der Waals surface area contributed by atoms with Crippen molar-refractivity contribution in [3.05, 3.63) is 12.2 Å². The van der Waals surface area contributed by atoms with Gasteiger partial charge in [-0.25, -0.2) is 0 Å². The number of amides is 1. The number of carbonyl (C=O) groups is 1. The van der Waals surface area contributed by atoms with Crippen LogP contribution in [0.4, 0.5) is 0 Å². The SMILES string of the molecule is CC(C)C(=O)N1CCCN(C2C=CCCC2)CC1. The third-order valence-electron chi connectivity index (χ3n) is 4.03. The van der Waals surface area contributed by atoms with Crippen LogP contribution < -0.4 is 0 Å². The molecule has 1 aliphatic carbocycles. The smallest absolute Gasteiger partial charge is 0.225 e. The quantitative estimate of drug-likeness (QED) is 0.702. The second-order valence-electron chi connectivity index (χ2n) is 5.80. The van der Waals surface area contributed by atoms with E-state index in [9.17, 15) is 4.79 Å². The second-order valence-corrected chi connectivity index (χ2v) is 5.80. The molecule has 2 aliphatic rings. The van der Waals surface area contributed by atoms with E-state index in [1.165, 1.54) is 19.3 Å². The maximum Gasteiger partial charge on any atom is 0.225 e. The minimum Gasteiger partial charge on any atom is -0.341 e. The molecule has 0 N–H and O–H groups in total. The molecule has 18 heavy (non-hydrogen) atoms. The Bertz CT molecular complexity index is 312. The summed E-state index contributed by atoms with van der Waals surface area (Å²) in [5, 5.41) is 0. The van der Waals surface area contributed by atoms with Gasteiger partial charge in [-0.3, -0.25) is 9.69 Å². The van der Waals surface area contributed by atoms with Crippen LogP contribution in [0.15, 0.2) is 12.2 Å². The van der Waals surface area contributed by atoms with Crippen molar-refractivity contribution >= 4 is 5.91 Å². The van der Waals surface area contributed by atoms with E-state index in [1.54, 1.807) is 0 Å². The molecule has 1 aliphatic heterocycles. The predicted molar refractivity (Wildman–Crippen MR) is 74.4 cm³/mol. The van der Waals surface area contributed by atoms with E-state index in [1.807, 2.05) is 13.8 Å². The first-order valence-electron chi connectivity index (χ1n) is 7.38. The van der Waals surface area contributed by atoms with Crippen molar-refractivity contribution in [1.82, 2.24) is 9.80 Å². The third kappa shape index (κ3) is 3.35. The summed E-state index contributed by atoms with van der Waals surface area (Å²) in [5.74, 6) is 0.446. The lowest BCUT2D eigenvalue weighted by Gasteiger charge is -2.30. The lowest BCUT2D eigenvalue weighted by atomic mass is 10.0. The van der Waals surface area contributed by atoms with Crippen molar-refractivity contribution in [3.8, 4) is 0 Å². The van der Waals surface area contributed by atoms with Gasteiger partial charge in [-0.05, 0) is 25.7 Å². The molecule has 102 valence electrons. The standard InChI is InChI=1S/C15H26N2O/c1-13(2)15(18)17-10-6-9-16(11-12-17)14-7-4-3-5-8-14/h4,7,13-14H,3,5-6,8-12H2,1-2H3. The Balaban J connectivity index is 1.90. The maximum atomic E-state index is 12.0. The Kier molecular flexibility index (Phi) is 4.81. The highest BCUT2D eigenvalue weighted by molar-refractivity contribution is 5.78. The molecule has 1 amide bonds. The molecule has 1 unspecified atom stereocenters. The Morgan fingerprint density at radius 1 is 1.17 bits per heavy atom. The fourth-order valence-electron chi connectivity index (χ4n) is 2.95. The van der Waals surface area contributed by atoms with E-state index in [0.717, 1.165) is 32.6 Å². The van der Waals surface area contributed by atoms with Crippen LogP contribution in [0.3, 0.4) is 0 Å². The molecule has 0 aromatic heterocycles. The molecule has 0 saturated carbocycles. The van der Waals surface area contributed by atoms with Gasteiger partial charge < -0.3 is 4.90 Å². The van der Waals surface area contributed by atoms with Crippen molar-refractivity contribution in [3.63, 3.8) is 0 Å². The first-order chi connectivity index (χ1) is 8.68. The number of rotatable bonds is 2. The maximum absolute atomic E-state index is 12.0. The van der Waals surface area contributed by atoms with Crippen LogP contribution in [0.25, 0.3) is 0 Å². The van der Waals surface area contributed by atoms with E-state index in [-0.39, 0.29) is 5.92 Å². The lowest BCUT2D eigenvalue weighted by molar-refractivity contribution is -0.134. The molecule has 0 bridgehead atoms. The van der Waals surface area contributed by atoms with E-state index < -0.39 is 0 Å². The van der Waals surface area contributed by atoms with Crippen LogP contribution in [0.2, 0.25) is 0 Å². The summed E-state index contributed by atoms with van der Waals surface area (Å²) in [6.07, 6.45) is 9.63. The molecule has 1 saturated heterocycles. The lowest BCUT2D eigenvalue weighted by Crippen LogP contribution is -2.40. The first-order valence-corrected chi connectivity index (χ1v) is 7.38. The molecule has 0 radical (unpaired) electrons. The molecule has 0 aromatic carbocycles. The number of allylic oxidation sites excluding steroid dienone is 1. The van der Waals surface area contributed by atoms with Gasteiger partial charge in [-0.2, -0.15) is 0 Å². The molecule has 3 nitrogen and oxygen atoms in total. The summed E-state index contributed by atoms with van der Waals surface area (Å²) >= 11 is 0. The average Bonchev–Trinajstić information content (AvgIpc) is 2.64. The van der Waals surface area contributed by atoms with E-state index in [0.29, 0.717) is 11.9 Å². The van der Waals surface area contributed by atoms with Crippen LogP contribution in [0, 0.1) is 5.92 Å². The summed E-state index contributed by atoms with van der Waals surface area (Å²) < 4.78 is 0. The normalized spacial score (nSPS) is 26.4. The van der Waals surface area contributed by atoms with Crippen LogP contribution in [-0.2, 0) is 4.79 Å². The molecule has 3 heteroatoms. The summed E-state index contributed by atoms with van der Waals surface area (Å²) in [5.41, 5.74) is 0. The highest BCUT2D eigenvalue weighted by Gasteiger charge is 2.24. The topological polar surface area (TPSA) is 23.6 Å². The minimum absolute atomic E-state index is 0.131. The van der Waals surface area contributed by atoms with Gasteiger partial charge in [0.2, 0.25) is 5.91 Å². The van der Waals surface area contributed by atoms with Crippen molar-refractivity contribution in [2.45, 2.75) is 45.6 Å². The molecule has 1 heterocycles. The van der Waals surface area contributed by atoms with Crippen molar-refractivity contribution in [1.29, 1.82) is 0 Å². The molecule has 0 aromatic rings. The van der Waals surface area contributed by atoms with Crippen LogP contribution in [0.1, 0.15) is 39.5 Å². The molecule has 2 rings (SSSR count). The largest absolute Gasteiger partial charge is 0.341 e. The fraction of sp³-hybridized carbons (Fsp3) is 0.800. The van der Waals surface area contributed by atoms with Crippen LogP contribution in [0.5, 0.6) is 0 Å². The van der Waals surface area contributed by atoms with Gasteiger partial charge in [0.1, 0.15) is 0 Å². The monoisotopic (exact) mass is 250 g/mol. The number of hydrogen-bond donors (Lipinski definition) is 0. The Morgan fingerprint density at radius 3 is 2.67 bits per heavy atom. The third-order valence-corrected chi connectivity index (χ3v) is 4.03. The highest BCUT2D eigenvalue weighted by atomic mass is 16.2. The van der Waals surface area contributed by atoms with Gasteiger partial charge in [0.25, 0.3) is 0 Å². The van der Waals surface area contributed by atoms with Gasteiger partial charge >= 0.3 is 0 Å². The first kappa shape index (κ1) is 13.6. The van der Waals surface area contributed by atoms with Crippen molar-refractivity contribution in [2.24, 2.45) is 5.92 Å². The average molecular weight is 250 g/mol. The number of hydrogen-bond acceptors (Lipinski definition) is 2. The van der Waals surface area contributed by atoms with Crippen LogP contribution >= 0.6 is 0 Å². The van der Waals surface area contributed by atoms with E-state index in [4.69, 9.17) is 0 Å². The van der Waals surface area contributed by atoms with Gasteiger partial charge in [0.05, 0.1) is 0 Å². The Labute approximate surface area is 111 Å². The highest BCUT2D eigenvalue weighted by Crippen LogP contribution is 2.18. The zero-order chi connectivity index (χ0) is 13.0. The van der Waals surface area contributed by atoms with Gasteiger partial charge in [-0.15, -0.1) is 0 Å². The summed E-state index contributed by atoms with van der Waals surface area (Å²) in [4.78, 5) is 16.6. The van der Waals surface area contributed by atoms with E-state index in [2.05, 4.69) is 22.0 Å². The second kappa shape index (κ2) is 6.37. The fourth-order valence-corrected chi connectivity index (χ4v) is 2.95. The molecule has 1 fully saturated rings. The van der Waals surface area contributed by atoms with Crippen molar-refractivity contribution in [2.75, 3.05) is 26.2 Å². The summed E-state index contributed by atoms with van der Waals surface area (Å²) in [7, 11) is 0. The Hall–Kier alpha value is -0.830. The zero-order valence-corrected chi connectivity index (χ0v) is 11.8. The molecular weight excluding hydrogens is 224 g/mol. The summed E-state index contributed by atoms with van der Waals surface area (Å²) in [6.45, 7) is 8.00. The molecular formula is C15H26N2O. The van der Waals surface area contributed by atoms with Gasteiger partial charge in [-0.1, -0.05) is 26.0 Å². The van der Waals surface area contributed by atoms with Crippen LogP contribution in [-0.4, -0.2) is 47.9 Å². The van der Waals surface area contributed by atoms with Crippen molar-refractivity contribution < 1.29 is 4.79 Å².